The first-order valence-electron chi connectivity index (χ1n) is 9.21. The van der Waals surface area contributed by atoms with E-state index in [9.17, 15) is 4.79 Å². The first-order valence-corrected chi connectivity index (χ1v) is 10.2. The summed E-state index contributed by atoms with van der Waals surface area (Å²) in [5, 5.41) is 5.31. The molecule has 136 valence electrons. The van der Waals surface area contributed by atoms with Gasteiger partial charge in [0.2, 0.25) is 5.78 Å². The van der Waals surface area contributed by atoms with Crippen molar-refractivity contribution in [2.24, 2.45) is 7.05 Å². The van der Waals surface area contributed by atoms with Crippen LogP contribution in [0, 0.1) is 0 Å². The number of fused-ring (bicyclic) bond motifs is 4. The van der Waals surface area contributed by atoms with E-state index in [1.54, 1.807) is 20.8 Å². The van der Waals surface area contributed by atoms with Crippen molar-refractivity contribution in [1.82, 2.24) is 19.2 Å². The molecule has 4 rings (SSSR count). The lowest BCUT2D eigenvalue weighted by atomic mass is 9.69. The predicted molar refractivity (Wildman–Crippen MR) is 106 cm³/mol. The molecule has 1 aliphatic rings. The van der Waals surface area contributed by atoms with E-state index in [1.165, 1.54) is 5.56 Å². The first kappa shape index (κ1) is 17.3. The molecule has 0 N–H and O–H groups in total. The van der Waals surface area contributed by atoms with Crippen LogP contribution in [0.15, 0.2) is 34.2 Å². The SMILES string of the molecule is CCCSc1nn(C)c2nc3c(c(=O)n12)C(C)(CC)Cc1ccccc1-3. The quantitative estimate of drug-likeness (QED) is 0.657. The third-order valence-electron chi connectivity index (χ3n) is 5.45. The Bertz CT molecular complexity index is 1050. The number of nitrogens with zero attached hydrogens (tertiary/aromatic N) is 4. The second-order valence-electron chi connectivity index (χ2n) is 7.28. The van der Waals surface area contributed by atoms with Gasteiger partial charge >= 0.3 is 0 Å². The molecule has 3 aromatic rings. The minimum absolute atomic E-state index is 0.0376. The third kappa shape index (κ3) is 2.42. The Morgan fingerprint density at radius 2 is 2.04 bits per heavy atom. The second-order valence-corrected chi connectivity index (χ2v) is 8.34. The lowest BCUT2D eigenvalue weighted by Gasteiger charge is -2.34. The van der Waals surface area contributed by atoms with Crippen molar-refractivity contribution in [1.29, 1.82) is 0 Å². The average molecular weight is 369 g/mol. The van der Waals surface area contributed by atoms with Crippen molar-refractivity contribution < 1.29 is 0 Å². The van der Waals surface area contributed by atoms with Crippen LogP contribution in [0.3, 0.4) is 0 Å². The zero-order chi connectivity index (χ0) is 18.5. The lowest BCUT2D eigenvalue weighted by molar-refractivity contribution is 0.439. The predicted octanol–water partition coefficient (Wildman–Crippen LogP) is 3.82. The van der Waals surface area contributed by atoms with Gasteiger partial charge in [0, 0.05) is 23.8 Å². The number of benzene rings is 1. The highest BCUT2D eigenvalue weighted by atomic mass is 32.2. The molecule has 2 heterocycles. The van der Waals surface area contributed by atoms with Crippen molar-refractivity contribution >= 4 is 17.5 Å². The van der Waals surface area contributed by atoms with Crippen LogP contribution in [0.25, 0.3) is 17.0 Å². The fourth-order valence-electron chi connectivity index (χ4n) is 3.86. The molecule has 2 aromatic heterocycles. The highest BCUT2D eigenvalue weighted by Crippen LogP contribution is 2.42. The van der Waals surface area contributed by atoms with E-state index >= 15 is 0 Å². The first-order chi connectivity index (χ1) is 12.5. The van der Waals surface area contributed by atoms with E-state index in [4.69, 9.17) is 4.98 Å². The van der Waals surface area contributed by atoms with Gasteiger partial charge in [0.25, 0.3) is 5.56 Å². The number of aromatic nitrogens is 4. The van der Waals surface area contributed by atoms with Gasteiger partial charge < -0.3 is 0 Å². The molecular formula is C20H24N4OS. The molecule has 0 radical (unpaired) electrons. The summed E-state index contributed by atoms with van der Waals surface area (Å²) in [6, 6.07) is 8.32. The number of hydrogen-bond donors (Lipinski definition) is 0. The maximum absolute atomic E-state index is 13.6. The Labute approximate surface area is 157 Å². The highest BCUT2D eigenvalue weighted by Gasteiger charge is 2.38. The molecule has 26 heavy (non-hydrogen) atoms. The summed E-state index contributed by atoms with van der Waals surface area (Å²) in [4.78, 5) is 18.6. The zero-order valence-corrected chi connectivity index (χ0v) is 16.6. The van der Waals surface area contributed by atoms with E-state index in [2.05, 4.69) is 44.1 Å². The summed E-state index contributed by atoms with van der Waals surface area (Å²) in [5.41, 5.74) is 3.84. The van der Waals surface area contributed by atoms with Crippen molar-refractivity contribution in [3.8, 4) is 11.3 Å². The molecule has 0 bridgehead atoms. The van der Waals surface area contributed by atoms with Crippen molar-refractivity contribution in [2.45, 2.75) is 50.6 Å². The molecule has 0 aliphatic heterocycles. The summed E-state index contributed by atoms with van der Waals surface area (Å²) in [6.45, 7) is 6.47. The summed E-state index contributed by atoms with van der Waals surface area (Å²) in [7, 11) is 1.86. The summed E-state index contributed by atoms with van der Waals surface area (Å²) < 4.78 is 3.43. The van der Waals surface area contributed by atoms with E-state index in [0.717, 1.165) is 47.0 Å². The standard InChI is InChI=1S/C20H24N4OS/c1-5-11-26-19-22-23(4)18-21-16-14-10-8-7-9-13(14)12-20(3,6-2)15(16)17(25)24(18)19/h7-10H,5-6,11-12H2,1-4H3. The number of rotatable bonds is 4. The van der Waals surface area contributed by atoms with E-state index in [-0.39, 0.29) is 11.0 Å². The van der Waals surface area contributed by atoms with Crippen LogP contribution in [-0.2, 0) is 18.9 Å². The van der Waals surface area contributed by atoms with Gasteiger partial charge in [0.15, 0.2) is 5.16 Å². The van der Waals surface area contributed by atoms with Gasteiger partial charge in [0.1, 0.15) is 0 Å². The second kappa shape index (κ2) is 6.27. The van der Waals surface area contributed by atoms with Gasteiger partial charge in [-0.1, -0.05) is 56.8 Å². The average Bonchev–Trinajstić information content (AvgIpc) is 2.96. The molecule has 5 nitrogen and oxygen atoms in total. The molecule has 0 fully saturated rings. The number of hydrogen-bond acceptors (Lipinski definition) is 4. The highest BCUT2D eigenvalue weighted by molar-refractivity contribution is 7.99. The smallest absolute Gasteiger partial charge is 0.265 e. The minimum Gasteiger partial charge on any atom is -0.268 e. The van der Waals surface area contributed by atoms with E-state index in [0.29, 0.717) is 5.78 Å². The summed E-state index contributed by atoms with van der Waals surface area (Å²) >= 11 is 1.62. The van der Waals surface area contributed by atoms with Crippen LogP contribution in [0.4, 0.5) is 0 Å². The van der Waals surface area contributed by atoms with Crippen LogP contribution >= 0.6 is 11.8 Å². The monoisotopic (exact) mass is 368 g/mol. The van der Waals surface area contributed by atoms with Gasteiger partial charge in [-0.15, -0.1) is 5.10 Å². The number of aryl methyl sites for hydroxylation is 1. The Kier molecular flexibility index (Phi) is 4.18. The molecule has 0 amide bonds. The van der Waals surface area contributed by atoms with Gasteiger partial charge in [-0.25, -0.2) is 14.1 Å². The topological polar surface area (TPSA) is 52.2 Å². The van der Waals surface area contributed by atoms with Crippen LogP contribution in [-0.4, -0.2) is 24.9 Å². The van der Waals surface area contributed by atoms with Crippen LogP contribution in [0.2, 0.25) is 0 Å². The maximum atomic E-state index is 13.6. The fourth-order valence-corrected chi connectivity index (χ4v) is 4.72. The molecule has 1 atom stereocenters. The summed E-state index contributed by atoms with van der Waals surface area (Å²) in [5.74, 6) is 1.55. The number of thioether (sulfide) groups is 1. The maximum Gasteiger partial charge on any atom is 0.265 e. The van der Waals surface area contributed by atoms with E-state index in [1.807, 2.05) is 13.1 Å². The van der Waals surface area contributed by atoms with Crippen LogP contribution < -0.4 is 5.56 Å². The van der Waals surface area contributed by atoms with Gasteiger partial charge in [-0.05, 0) is 24.8 Å². The Morgan fingerprint density at radius 3 is 2.77 bits per heavy atom. The Hall–Kier alpha value is -2.08. The van der Waals surface area contributed by atoms with Gasteiger partial charge in [-0.3, -0.25) is 4.79 Å². The van der Waals surface area contributed by atoms with Gasteiger partial charge in [0.05, 0.1) is 11.3 Å². The molecule has 1 unspecified atom stereocenters. The fraction of sp³-hybridized carbons (Fsp3) is 0.450. The van der Waals surface area contributed by atoms with Crippen molar-refractivity contribution in [2.75, 3.05) is 5.75 Å². The summed E-state index contributed by atoms with van der Waals surface area (Å²) in [6.07, 6.45) is 2.80. The lowest BCUT2D eigenvalue weighted by Crippen LogP contribution is -2.37. The normalized spacial score (nSPS) is 18.8. The molecule has 1 aromatic carbocycles. The molecule has 0 spiro atoms. The van der Waals surface area contributed by atoms with Gasteiger partial charge in [-0.2, -0.15) is 0 Å². The molecule has 0 saturated carbocycles. The molecule has 0 saturated heterocycles. The third-order valence-corrected chi connectivity index (χ3v) is 6.59. The molecule has 1 aliphatic carbocycles. The zero-order valence-electron chi connectivity index (χ0n) is 15.7. The van der Waals surface area contributed by atoms with Crippen molar-refractivity contribution in [3.05, 3.63) is 45.7 Å². The Morgan fingerprint density at radius 1 is 1.27 bits per heavy atom. The van der Waals surface area contributed by atoms with Crippen molar-refractivity contribution in [3.63, 3.8) is 0 Å². The largest absolute Gasteiger partial charge is 0.268 e. The molecular weight excluding hydrogens is 344 g/mol. The Balaban J connectivity index is 2.09. The van der Waals surface area contributed by atoms with Crippen LogP contribution in [0.1, 0.15) is 44.7 Å². The van der Waals surface area contributed by atoms with Crippen LogP contribution in [0.5, 0.6) is 0 Å². The minimum atomic E-state index is -0.211. The molecule has 6 heteroatoms. The van der Waals surface area contributed by atoms with E-state index < -0.39 is 0 Å².